The second kappa shape index (κ2) is 12.4. The highest BCUT2D eigenvalue weighted by Crippen LogP contribution is 2.14. The molecule has 0 spiro atoms. The third-order valence-electron chi connectivity index (χ3n) is 5.47. The van der Waals surface area contributed by atoms with Gasteiger partial charge in [0.2, 0.25) is 0 Å². The number of likely N-dealkylation sites (tertiary alicyclic amines) is 1. The SMILES string of the molecule is CCNC(=NCC1CCN(C)C1)N1CCN(CC=Cc2ccccc2)CC1.I. The van der Waals surface area contributed by atoms with Crippen molar-refractivity contribution < 1.29 is 0 Å². The summed E-state index contributed by atoms with van der Waals surface area (Å²) in [4.78, 5) is 12.3. The van der Waals surface area contributed by atoms with Crippen LogP contribution in [0.5, 0.6) is 0 Å². The molecule has 5 nitrogen and oxygen atoms in total. The molecule has 0 aliphatic carbocycles. The van der Waals surface area contributed by atoms with Crippen LogP contribution in [0.3, 0.4) is 0 Å². The highest BCUT2D eigenvalue weighted by atomic mass is 127. The van der Waals surface area contributed by atoms with Crippen LogP contribution in [0, 0.1) is 5.92 Å². The number of piperazine rings is 1. The normalized spacial score (nSPS) is 21.9. The van der Waals surface area contributed by atoms with Crippen molar-refractivity contribution in [1.29, 1.82) is 0 Å². The number of nitrogens with zero attached hydrogens (tertiary/aromatic N) is 4. The first kappa shape index (κ1) is 23.2. The van der Waals surface area contributed by atoms with E-state index in [2.05, 4.69) is 76.5 Å². The zero-order valence-electron chi connectivity index (χ0n) is 17.4. The number of hydrogen-bond acceptors (Lipinski definition) is 3. The quantitative estimate of drug-likeness (QED) is 0.373. The fraction of sp³-hybridized carbons (Fsp3) is 0.591. The Morgan fingerprint density at radius 2 is 1.89 bits per heavy atom. The molecule has 2 heterocycles. The monoisotopic (exact) mass is 497 g/mol. The molecular weight excluding hydrogens is 461 g/mol. The van der Waals surface area contributed by atoms with Gasteiger partial charge in [-0.2, -0.15) is 0 Å². The first-order valence-electron chi connectivity index (χ1n) is 10.4. The predicted molar refractivity (Wildman–Crippen MR) is 130 cm³/mol. The Bertz CT molecular complexity index is 611. The van der Waals surface area contributed by atoms with Gasteiger partial charge >= 0.3 is 0 Å². The second-order valence-electron chi connectivity index (χ2n) is 7.71. The molecule has 0 bridgehead atoms. The Morgan fingerprint density at radius 3 is 2.54 bits per heavy atom. The molecule has 1 aromatic rings. The van der Waals surface area contributed by atoms with E-state index in [-0.39, 0.29) is 24.0 Å². The van der Waals surface area contributed by atoms with E-state index in [1.807, 2.05) is 0 Å². The number of rotatable bonds is 6. The molecule has 1 atom stereocenters. The lowest BCUT2D eigenvalue weighted by Crippen LogP contribution is -2.52. The van der Waals surface area contributed by atoms with Crippen LogP contribution in [0.25, 0.3) is 6.08 Å². The minimum Gasteiger partial charge on any atom is -0.357 e. The fourth-order valence-electron chi connectivity index (χ4n) is 3.86. The van der Waals surface area contributed by atoms with Gasteiger partial charge in [0.1, 0.15) is 0 Å². The summed E-state index contributed by atoms with van der Waals surface area (Å²) in [6.45, 7) is 11.7. The summed E-state index contributed by atoms with van der Waals surface area (Å²) in [5.74, 6) is 1.82. The van der Waals surface area contributed by atoms with Crippen LogP contribution >= 0.6 is 24.0 Å². The Labute approximate surface area is 187 Å². The lowest BCUT2D eigenvalue weighted by Gasteiger charge is -2.36. The van der Waals surface area contributed by atoms with Gasteiger partial charge in [0, 0.05) is 52.4 Å². The summed E-state index contributed by atoms with van der Waals surface area (Å²) in [7, 11) is 2.21. The summed E-state index contributed by atoms with van der Waals surface area (Å²) in [6.07, 6.45) is 5.78. The molecule has 3 rings (SSSR count). The zero-order chi connectivity index (χ0) is 18.9. The third-order valence-corrected chi connectivity index (χ3v) is 5.47. The van der Waals surface area contributed by atoms with Gasteiger partial charge < -0.3 is 15.1 Å². The smallest absolute Gasteiger partial charge is 0.194 e. The Hall–Kier alpha value is -1.12. The number of guanidine groups is 1. The molecule has 2 aliphatic rings. The van der Waals surface area contributed by atoms with E-state index >= 15 is 0 Å². The average Bonchev–Trinajstić information content (AvgIpc) is 3.12. The lowest BCUT2D eigenvalue weighted by molar-refractivity contribution is 0.194. The number of hydrogen-bond donors (Lipinski definition) is 1. The molecule has 1 unspecified atom stereocenters. The van der Waals surface area contributed by atoms with E-state index in [1.165, 1.54) is 25.1 Å². The number of benzene rings is 1. The largest absolute Gasteiger partial charge is 0.357 e. The van der Waals surface area contributed by atoms with Crippen molar-refractivity contribution in [3.05, 3.63) is 42.0 Å². The average molecular weight is 497 g/mol. The first-order chi connectivity index (χ1) is 13.2. The Kier molecular flexibility index (Phi) is 10.3. The van der Waals surface area contributed by atoms with E-state index in [1.54, 1.807) is 0 Å². The van der Waals surface area contributed by atoms with Gasteiger partial charge in [-0.1, -0.05) is 42.5 Å². The van der Waals surface area contributed by atoms with Crippen LogP contribution in [-0.4, -0.2) is 86.6 Å². The standard InChI is InChI=1S/C22H35N5.HI/c1-3-23-22(24-18-21-11-13-25(2)19-21)27-16-14-26(15-17-27)12-7-10-20-8-5-4-6-9-20;/h4-10,21H,3,11-19H2,1-2H3,(H,23,24);1H. The van der Waals surface area contributed by atoms with Gasteiger partial charge in [0.15, 0.2) is 5.96 Å². The van der Waals surface area contributed by atoms with Gasteiger partial charge in [-0.25, -0.2) is 0 Å². The molecule has 1 N–H and O–H groups in total. The van der Waals surface area contributed by atoms with Gasteiger partial charge in [0.25, 0.3) is 0 Å². The van der Waals surface area contributed by atoms with Gasteiger partial charge in [-0.05, 0) is 38.4 Å². The third kappa shape index (κ3) is 7.37. The maximum absolute atomic E-state index is 4.95. The molecule has 28 heavy (non-hydrogen) atoms. The van der Waals surface area contributed by atoms with Crippen LogP contribution in [0.4, 0.5) is 0 Å². The predicted octanol–water partition coefficient (Wildman–Crippen LogP) is 2.85. The molecule has 2 aliphatic heterocycles. The number of aliphatic imine (C=N–C) groups is 1. The van der Waals surface area contributed by atoms with Crippen LogP contribution in [0.15, 0.2) is 41.4 Å². The minimum absolute atomic E-state index is 0. The molecule has 1 aromatic carbocycles. The molecule has 6 heteroatoms. The van der Waals surface area contributed by atoms with E-state index in [0.29, 0.717) is 5.92 Å². The Balaban J connectivity index is 0.00000280. The number of nitrogens with one attached hydrogen (secondary N) is 1. The molecule has 156 valence electrons. The van der Waals surface area contributed by atoms with E-state index in [9.17, 15) is 0 Å². The number of halogens is 1. The molecule has 0 radical (unpaired) electrons. The summed E-state index contributed by atoms with van der Waals surface area (Å²) >= 11 is 0. The highest BCUT2D eigenvalue weighted by Gasteiger charge is 2.21. The van der Waals surface area contributed by atoms with Crippen molar-refractivity contribution in [2.45, 2.75) is 13.3 Å². The van der Waals surface area contributed by atoms with Crippen molar-refractivity contribution in [1.82, 2.24) is 20.0 Å². The van der Waals surface area contributed by atoms with Crippen molar-refractivity contribution in [3.63, 3.8) is 0 Å². The molecule has 2 saturated heterocycles. The van der Waals surface area contributed by atoms with Gasteiger partial charge in [-0.15, -0.1) is 24.0 Å². The zero-order valence-corrected chi connectivity index (χ0v) is 19.7. The van der Waals surface area contributed by atoms with Crippen LogP contribution in [0.2, 0.25) is 0 Å². The maximum atomic E-state index is 4.95. The van der Waals surface area contributed by atoms with Crippen molar-refractivity contribution >= 4 is 36.0 Å². The van der Waals surface area contributed by atoms with E-state index in [4.69, 9.17) is 4.99 Å². The van der Waals surface area contributed by atoms with Crippen molar-refractivity contribution in [2.75, 3.05) is 66.0 Å². The second-order valence-corrected chi connectivity index (χ2v) is 7.71. The molecule has 0 aromatic heterocycles. The summed E-state index contributed by atoms with van der Waals surface area (Å²) in [5.41, 5.74) is 1.27. The molecule has 0 amide bonds. The van der Waals surface area contributed by atoms with Crippen molar-refractivity contribution in [3.8, 4) is 0 Å². The molecule has 0 saturated carbocycles. The van der Waals surface area contributed by atoms with E-state index in [0.717, 1.165) is 51.8 Å². The van der Waals surface area contributed by atoms with Crippen LogP contribution in [0.1, 0.15) is 18.9 Å². The molecular formula is C22H36IN5. The van der Waals surface area contributed by atoms with E-state index < -0.39 is 0 Å². The summed E-state index contributed by atoms with van der Waals surface area (Å²) < 4.78 is 0. The van der Waals surface area contributed by atoms with Gasteiger partial charge in [0.05, 0.1) is 0 Å². The lowest BCUT2D eigenvalue weighted by atomic mass is 10.1. The fourth-order valence-corrected chi connectivity index (χ4v) is 3.86. The first-order valence-corrected chi connectivity index (χ1v) is 10.4. The topological polar surface area (TPSA) is 34.1 Å². The summed E-state index contributed by atoms with van der Waals surface area (Å²) in [5, 5.41) is 3.50. The highest BCUT2D eigenvalue weighted by molar-refractivity contribution is 14.0. The summed E-state index contributed by atoms with van der Waals surface area (Å²) in [6, 6.07) is 10.5. The van der Waals surface area contributed by atoms with Crippen LogP contribution in [-0.2, 0) is 0 Å². The van der Waals surface area contributed by atoms with Gasteiger partial charge in [-0.3, -0.25) is 9.89 Å². The minimum atomic E-state index is 0. The van der Waals surface area contributed by atoms with Crippen molar-refractivity contribution in [2.24, 2.45) is 10.9 Å². The van der Waals surface area contributed by atoms with Crippen LogP contribution < -0.4 is 5.32 Å². The molecule has 2 fully saturated rings. The maximum Gasteiger partial charge on any atom is 0.194 e. The Morgan fingerprint density at radius 1 is 1.14 bits per heavy atom.